The highest BCUT2D eigenvalue weighted by Crippen LogP contribution is 2.23. The van der Waals surface area contributed by atoms with Gasteiger partial charge in [0.15, 0.2) is 5.13 Å². The normalized spacial score (nSPS) is 11.2. The number of rotatable bonds is 5. The predicted molar refractivity (Wildman–Crippen MR) is 90.3 cm³/mol. The number of hydrogen-bond acceptors (Lipinski definition) is 7. The maximum Gasteiger partial charge on any atom is 0.413 e. The zero-order valence-electron chi connectivity index (χ0n) is 14.0. The molecule has 2 rings (SSSR count). The first-order chi connectivity index (χ1) is 11.3. The molecular weight excluding hydrogens is 332 g/mol. The highest BCUT2D eigenvalue weighted by molar-refractivity contribution is 7.13. The molecule has 2 amide bonds. The van der Waals surface area contributed by atoms with E-state index in [2.05, 4.69) is 20.8 Å². The van der Waals surface area contributed by atoms with Crippen LogP contribution in [0.2, 0.25) is 0 Å². The molecule has 0 aliphatic heterocycles. The smallest absolute Gasteiger partial charge is 0.413 e. The van der Waals surface area contributed by atoms with Gasteiger partial charge in [0, 0.05) is 16.9 Å². The number of anilines is 2. The van der Waals surface area contributed by atoms with Crippen LogP contribution in [0.5, 0.6) is 0 Å². The maximum absolute atomic E-state index is 12.0. The minimum Gasteiger partial charge on any atom is -0.450 e. The molecule has 0 saturated heterocycles. The second kappa shape index (κ2) is 7.43. The molecule has 2 aromatic heterocycles. The molecule has 0 bridgehead atoms. The Balaban J connectivity index is 1.90. The standard InChI is InChI=1S/C15H20N4O4S/c1-5-22-14(21)18-13-16-9(8-24-13)6-11(20)17-12-7-10(19-23-12)15(2,3)4/h7-8H,5-6H2,1-4H3,(H,17,20)(H,16,18,21). The summed E-state index contributed by atoms with van der Waals surface area (Å²) in [6.07, 6.45) is -0.508. The van der Waals surface area contributed by atoms with E-state index in [1.807, 2.05) is 20.8 Å². The molecule has 2 heterocycles. The van der Waals surface area contributed by atoms with Crippen molar-refractivity contribution in [3.8, 4) is 0 Å². The van der Waals surface area contributed by atoms with Gasteiger partial charge in [-0.1, -0.05) is 25.9 Å². The number of carbonyl (C=O) groups is 2. The molecule has 0 aliphatic carbocycles. The average Bonchev–Trinajstić information content (AvgIpc) is 3.08. The quantitative estimate of drug-likeness (QED) is 0.856. The summed E-state index contributed by atoms with van der Waals surface area (Å²) >= 11 is 1.22. The molecule has 0 aromatic carbocycles. The number of aromatic nitrogens is 2. The van der Waals surface area contributed by atoms with Gasteiger partial charge in [0.1, 0.15) is 0 Å². The summed E-state index contributed by atoms with van der Waals surface area (Å²) in [5, 5.41) is 11.1. The zero-order valence-corrected chi connectivity index (χ0v) is 14.8. The van der Waals surface area contributed by atoms with Crippen molar-refractivity contribution in [1.82, 2.24) is 10.1 Å². The number of ether oxygens (including phenoxy) is 1. The lowest BCUT2D eigenvalue weighted by atomic mass is 9.92. The Labute approximate surface area is 143 Å². The fourth-order valence-electron chi connectivity index (χ4n) is 1.73. The van der Waals surface area contributed by atoms with Crippen LogP contribution in [0.3, 0.4) is 0 Å². The third-order valence-corrected chi connectivity index (χ3v) is 3.73. The van der Waals surface area contributed by atoms with E-state index >= 15 is 0 Å². The minimum atomic E-state index is -0.570. The fourth-order valence-corrected chi connectivity index (χ4v) is 2.43. The first-order valence-electron chi connectivity index (χ1n) is 7.43. The van der Waals surface area contributed by atoms with Gasteiger partial charge >= 0.3 is 6.09 Å². The number of carbonyl (C=O) groups excluding carboxylic acids is 2. The molecular formula is C15H20N4O4S. The van der Waals surface area contributed by atoms with Gasteiger partial charge in [0.2, 0.25) is 11.8 Å². The molecule has 0 radical (unpaired) electrons. The second-order valence-corrected chi connectivity index (χ2v) is 6.90. The molecule has 0 aliphatic rings. The van der Waals surface area contributed by atoms with Crippen LogP contribution in [0, 0.1) is 0 Å². The lowest BCUT2D eigenvalue weighted by molar-refractivity contribution is -0.115. The molecule has 9 heteroatoms. The molecule has 2 aromatic rings. The largest absolute Gasteiger partial charge is 0.450 e. The van der Waals surface area contributed by atoms with E-state index in [-0.39, 0.29) is 24.3 Å². The Kier molecular flexibility index (Phi) is 5.55. The molecule has 130 valence electrons. The van der Waals surface area contributed by atoms with Crippen LogP contribution in [0.15, 0.2) is 16.0 Å². The third-order valence-electron chi connectivity index (χ3n) is 2.92. The highest BCUT2D eigenvalue weighted by atomic mass is 32.1. The first kappa shape index (κ1) is 17.9. The fraction of sp³-hybridized carbons (Fsp3) is 0.467. The van der Waals surface area contributed by atoms with Gasteiger partial charge < -0.3 is 9.26 Å². The summed E-state index contributed by atoms with van der Waals surface area (Å²) in [6, 6.07) is 1.70. The van der Waals surface area contributed by atoms with Crippen LogP contribution < -0.4 is 10.6 Å². The average molecular weight is 352 g/mol. The highest BCUT2D eigenvalue weighted by Gasteiger charge is 2.20. The first-order valence-corrected chi connectivity index (χ1v) is 8.31. The van der Waals surface area contributed by atoms with Crippen molar-refractivity contribution in [2.75, 3.05) is 17.2 Å². The lowest BCUT2D eigenvalue weighted by Crippen LogP contribution is -2.15. The summed E-state index contributed by atoms with van der Waals surface area (Å²) in [5.41, 5.74) is 1.14. The summed E-state index contributed by atoms with van der Waals surface area (Å²) in [7, 11) is 0. The molecule has 0 saturated carbocycles. The predicted octanol–water partition coefficient (Wildman–Crippen LogP) is 3.18. The number of nitrogens with one attached hydrogen (secondary N) is 2. The molecule has 0 spiro atoms. The molecule has 0 fully saturated rings. The third kappa shape index (κ3) is 5.05. The Hall–Kier alpha value is -2.42. The number of hydrogen-bond donors (Lipinski definition) is 2. The van der Waals surface area contributed by atoms with Crippen molar-refractivity contribution in [3.63, 3.8) is 0 Å². The molecule has 0 unspecified atom stereocenters. The van der Waals surface area contributed by atoms with Gasteiger partial charge in [-0.25, -0.2) is 9.78 Å². The maximum atomic E-state index is 12.0. The Morgan fingerprint density at radius 1 is 1.33 bits per heavy atom. The van der Waals surface area contributed by atoms with Gasteiger partial charge in [0.25, 0.3) is 0 Å². The van der Waals surface area contributed by atoms with Crippen LogP contribution >= 0.6 is 11.3 Å². The van der Waals surface area contributed by atoms with E-state index in [1.54, 1.807) is 18.4 Å². The summed E-state index contributed by atoms with van der Waals surface area (Å²) in [4.78, 5) is 27.5. The van der Waals surface area contributed by atoms with Gasteiger partial charge in [-0.2, -0.15) is 0 Å². The van der Waals surface area contributed by atoms with E-state index in [9.17, 15) is 9.59 Å². The van der Waals surface area contributed by atoms with Crippen LogP contribution in [0.4, 0.5) is 15.8 Å². The van der Waals surface area contributed by atoms with Crippen molar-refractivity contribution < 1.29 is 18.8 Å². The van der Waals surface area contributed by atoms with E-state index in [4.69, 9.17) is 9.26 Å². The van der Waals surface area contributed by atoms with Crippen molar-refractivity contribution in [2.45, 2.75) is 39.5 Å². The topological polar surface area (TPSA) is 106 Å². The van der Waals surface area contributed by atoms with Gasteiger partial charge in [-0.05, 0) is 6.92 Å². The molecule has 8 nitrogen and oxygen atoms in total. The molecule has 0 atom stereocenters. The van der Waals surface area contributed by atoms with Crippen LogP contribution in [0.25, 0.3) is 0 Å². The molecule has 24 heavy (non-hydrogen) atoms. The molecule has 2 N–H and O–H groups in total. The summed E-state index contributed by atoms with van der Waals surface area (Å²) in [5.74, 6) is 0.0182. The van der Waals surface area contributed by atoms with Gasteiger partial charge in [-0.3, -0.25) is 15.4 Å². The van der Waals surface area contributed by atoms with E-state index in [0.717, 1.165) is 5.69 Å². The monoisotopic (exact) mass is 352 g/mol. The number of thiazole rings is 1. The summed E-state index contributed by atoms with van der Waals surface area (Å²) < 4.78 is 9.87. The lowest BCUT2D eigenvalue weighted by Gasteiger charge is -2.12. The number of amides is 2. The van der Waals surface area contributed by atoms with Crippen LogP contribution in [0.1, 0.15) is 39.1 Å². The van der Waals surface area contributed by atoms with Crippen LogP contribution in [-0.4, -0.2) is 28.7 Å². The van der Waals surface area contributed by atoms with E-state index in [1.165, 1.54) is 11.3 Å². The van der Waals surface area contributed by atoms with Crippen molar-refractivity contribution >= 4 is 34.4 Å². The zero-order chi connectivity index (χ0) is 17.7. The number of nitrogens with zero attached hydrogens (tertiary/aromatic N) is 2. The van der Waals surface area contributed by atoms with Crippen molar-refractivity contribution in [1.29, 1.82) is 0 Å². The van der Waals surface area contributed by atoms with Gasteiger partial charge in [0.05, 0.1) is 24.4 Å². The van der Waals surface area contributed by atoms with Crippen LogP contribution in [-0.2, 0) is 21.4 Å². The Morgan fingerprint density at radius 3 is 2.71 bits per heavy atom. The van der Waals surface area contributed by atoms with Gasteiger partial charge in [-0.15, -0.1) is 11.3 Å². The summed E-state index contributed by atoms with van der Waals surface area (Å²) in [6.45, 7) is 8.00. The van der Waals surface area contributed by atoms with Crippen molar-refractivity contribution in [2.24, 2.45) is 0 Å². The second-order valence-electron chi connectivity index (χ2n) is 6.04. The minimum absolute atomic E-state index is 0.0621. The van der Waals surface area contributed by atoms with E-state index < -0.39 is 6.09 Å². The SMILES string of the molecule is CCOC(=O)Nc1nc(CC(=O)Nc2cc(C(C)(C)C)no2)cs1. The van der Waals surface area contributed by atoms with E-state index in [0.29, 0.717) is 16.7 Å². The van der Waals surface area contributed by atoms with Crippen molar-refractivity contribution in [3.05, 3.63) is 22.8 Å². The Bertz CT molecular complexity index is 717. The Morgan fingerprint density at radius 2 is 2.08 bits per heavy atom.